The molecule has 0 bridgehead atoms. The third-order valence-corrected chi connectivity index (χ3v) is 3.73. The van der Waals surface area contributed by atoms with Crippen LogP contribution in [-0.4, -0.2) is 17.8 Å². The predicted octanol–water partition coefficient (Wildman–Crippen LogP) is 3.89. The molecule has 0 radical (unpaired) electrons. The Hall–Kier alpha value is -0.540. The first-order valence-corrected chi connectivity index (χ1v) is 7.00. The van der Waals surface area contributed by atoms with Crippen molar-refractivity contribution in [2.45, 2.75) is 32.7 Å². The molecular weight excluding hydrogens is 302 g/mol. The summed E-state index contributed by atoms with van der Waals surface area (Å²) in [4.78, 5) is 11.9. The van der Waals surface area contributed by atoms with E-state index in [4.69, 9.17) is 11.6 Å². The van der Waals surface area contributed by atoms with Crippen LogP contribution >= 0.6 is 27.5 Å². The molecular formula is C13H17BrClNO. The topological polar surface area (TPSA) is 29.1 Å². The minimum Gasteiger partial charge on any atom is -0.350 e. The molecule has 1 atom stereocenters. The van der Waals surface area contributed by atoms with Crippen LogP contribution in [0.4, 0.5) is 0 Å². The Bertz CT molecular complexity index is 395. The number of halogens is 2. The summed E-state index contributed by atoms with van der Waals surface area (Å²) in [5.41, 5.74) is 1.76. The Labute approximate surface area is 116 Å². The van der Waals surface area contributed by atoms with E-state index >= 15 is 0 Å². The summed E-state index contributed by atoms with van der Waals surface area (Å²) in [6.07, 6.45) is 1.83. The second-order valence-corrected chi connectivity index (χ2v) is 5.40. The van der Waals surface area contributed by atoms with Gasteiger partial charge in [0.15, 0.2) is 0 Å². The third kappa shape index (κ3) is 4.68. The molecule has 0 aliphatic rings. The van der Waals surface area contributed by atoms with Gasteiger partial charge in [-0.1, -0.05) is 15.9 Å². The smallest absolute Gasteiger partial charge is 0.251 e. The van der Waals surface area contributed by atoms with Gasteiger partial charge in [-0.05, 0) is 50.5 Å². The summed E-state index contributed by atoms with van der Waals surface area (Å²) < 4.78 is 1.02. The molecule has 1 rings (SSSR count). The number of carbonyl (C=O) groups is 1. The van der Waals surface area contributed by atoms with Gasteiger partial charge in [0.05, 0.1) is 0 Å². The first-order valence-electron chi connectivity index (χ1n) is 5.67. The van der Waals surface area contributed by atoms with Crippen LogP contribution in [-0.2, 0) is 0 Å². The number of carbonyl (C=O) groups excluding carboxylic acids is 1. The summed E-state index contributed by atoms with van der Waals surface area (Å²) in [5, 5.41) is 2.96. The van der Waals surface area contributed by atoms with E-state index in [1.807, 2.05) is 32.0 Å². The summed E-state index contributed by atoms with van der Waals surface area (Å²) in [5.74, 6) is 0.611. The number of amides is 1. The highest BCUT2D eigenvalue weighted by Crippen LogP contribution is 2.17. The van der Waals surface area contributed by atoms with E-state index in [0.717, 1.165) is 22.9 Å². The monoisotopic (exact) mass is 317 g/mol. The fraction of sp³-hybridized carbons (Fsp3) is 0.462. The summed E-state index contributed by atoms with van der Waals surface area (Å²) in [7, 11) is 0. The molecule has 0 spiro atoms. The van der Waals surface area contributed by atoms with Crippen LogP contribution in [0.3, 0.4) is 0 Å². The SMILES string of the molecule is Cc1cc(C(=O)NC(C)CCCCl)ccc1Br. The van der Waals surface area contributed by atoms with Crippen molar-refractivity contribution >= 4 is 33.4 Å². The van der Waals surface area contributed by atoms with Crippen LogP contribution in [0.2, 0.25) is 0 Å². The lowest BCUT2D eigenvalue weighted by atomic mass is 10.1. The molecule has 94 valence electrons. The molecule has 2 nitrogen and oxygen atoms in total. The van der Waals surface area contributed by atoms with Gasteiger partial charge in [-0.2, -0.15) is 0 Å². The molecule has 1 aromatic carbocycles. The Kier molecular flexibility index (Phi) is 6.00. The minimum atomic E-state index is -0.0253. The summed E-state index contributed by atoms with van der Waals surface area (Å²) in [6.45, 7) is 3.97. The maximum atomic E-state index is 11.9. The molecule has 1 N–H and O–H groups in total. The van der Waals surface area contributed by atoms with Crippen molar-refractivity contribution in [1.29, 1.82) is 0 Å². The number of benzene rings is 1. The van der Waals surface area contributed by atoms with Crippen LogP contribution in [0.15, 0.2) is 22.7 Å². The molecule has 4 heteroatoms. The van der Waals surface area contributed by atoms with Crippen molar-refractivity contribution in [3.8, 4) is 0 Å². The van der Waals surface area contributed by atoms with Gasteiger partial charge in [-0.3, -0.25) is 4.79 Å². The van der Waals surface area contributed by atoms with Crippen LogP contribution in [0, 0.1) is 6.92 Å². The van der Waals surface area contributed by atoms with Crippen molar-refractivity contribution in [2.75, 3.05) is 5.88 Å². The zero-order valence-electron chi connectivity index (χ0n) is 10.1. The van der Waals surface area contributed by atoms with Crippen LogP contribution in [0.25, 0.3) is 0 Å². The fourth-order valence-electron chi connectivity index (χ4n) is 1.55. The lowest BCUT2D eigenvalue weighted by Crippen LogP contribution is -2.32. The Morgan fingerprint density at radius 3 is 2.82 bits per heavy atom. The largest absolute Gasteiger partial charge is 0.350 e. The van der Waals surface area contributed by atoms with Gasteiger partial charge < -0.3 is 5.32 Å². The van der Waals surface area contributed by atoms with Gasteiger partial charge in [-0.25, -0.2) is 0 Å². The van der Waals surface area contributed by atoms with E-state index in [-0.39, 0.29) is 11.9 Å². The zero-order valence-corrected chi connectivity index (χ0v) is 12.4. The van der Waals surface area contributed by atoms with E-state index in [2.05, 4.69) is 21.2 Å². The molecule has 17 heavy (non-hydrogen) atoms. The first-order chi connectivity index (χ1) is 8.04. The maximum Gasteiger partial charge on any atom is 0.251 e. The highest BCUT2D eigenvalue weighted by molar-refractivity contribution is 9.10. The fourth-order valence-corrected chi connectivity index (χ4v) is 1.95. The van der Waals surface area contributed by atoms with E-state index < -0.39 is 0 Å². The Balaban J connectivity index is 2.60. The Morgan fingerprint density at radius 1 is 1.53 bits per heavy atom. The van der Waals surface area contributed by atoms with E-state index in [1.54, 1.807) is 0 Å². The van der Waals surface area contributed by atoms with Crippen molar-refractivity contribution in [3.05, 3.63) is 33.8 Å². The Morgan fingerprint density at radius 2 is 2.24 bits per heavy atom. The van der Waals surface area contributed by atoms with E-state index in [1.165, 1.54) is 0 Å². The number of alkyl halides is 1. The normalized spacial score (nSPS) is 12.2. The van der Waals surface area contributed by atoms with Crippen molar-refractivity contribution in [1.82, 2.24) is 5.32 Å². The molecule has 0 saturated heterocycles. The summed E-state index contributed by atoms with van der Waals surface area (Å²) >= 11 is 9.04. The maximum absolute atomic E-state index is 11.9. The van der Waals surface area contributed by atoms with Crippen LogP contribution in [0.1, 0.15) is 35.7 Å². The van der Waals surface area contributed by atoms with E-state index in [0.29, 0.717) is 11.4 Å². The molecule has 1 amide bonds. The van der Waals surface area contributed by atoms with Crippen molar-refractivity contribution in [3.63, 3.8) is 0 Å². The number of aryl methyl sites for hydroxylation is 1. The van der Waals surface area contributed by atoms with E-state index in [9.17, 15) is 4.79 Å². The minimum absolute atomic E-state index is 0.0253. The van der Waals surface area contributed by atoms with Crippen molar-refractivity contribution in [2.24, 2.45) is 0 Å². The molecule has 0 heterocycles. The lowest BCUT2D eigenvalue weighted by Gasteiger charge is -2.13. The molecule has 0 fully saturated rings. The highest BCUT2D eigenvalue weighted by atomic mass is 79.9. The second kappa shape index (κ2) is 7.02. The average Bonchev–Trinajstić information content (AvgIpc) is 2.30. The van der Waals surface area contributed by atoms with Gasteiger partial charge in [0.25, 0.3) is 5.91 Å². The van der Waals surface area contributed by atoms with Crippen molar-refractivity contribution < 1.29 is 4.79 Å². The molecule has 1 aromatic rings. The van der Waals surface area contributed by atoms with Gasteiger partial charge in [0.2, 0.25) is 0 Å². The highest BCUT2D eigenvalue weighted by Gasteiger charge is 2.10. The molecule has 0 aromatic heterocycles. The van der Waals surface area contributed by atoms with Gasteiger partial charge in [-0.15, -0.1) is 11.6 Å². The average molecular weight is 319 g/mol. The van der Waals surface area contributed by atoms with Crippen LogP contribution < -0.4 is 5.32 Å². The second-order valence-electron chi connectivity index (χ2n) is 4.17. The number of rotatable bonds is 5. The van der Waals surface area contributed by atoms with Crippen LogP contribution in [0.5, 0.6) is 0 Å². The van der Waals surface area contributed by atoms with Gasteiger partial charge >= 0.3 is 0 Å². The lowest BCUT2D eigenvalue weighted by molar-refractivity contribution is 0.0938. The molecule has 0 aliphatic carbocycles. The number of hydrogen-bond donors (Lipinski definition) is 1. The molecule has 0 aliphatic heterocycles. The molecule has 0 saturated carbocycles. The van der Waals surface area contributed by atoms with Gasteiger partial charge in [0, 0.05) is 22.0 Å². The first kappa shape index (κ1) is 14.5. The standard InChI is InChI=1S/C13H17BrClNO/c1-9-8-11(5-6-12(9)14)13(17)16-10(2)4-3-7-15/h5-6,8,10H,3-4,7H2,1-2H3,(H,16,17). The van der Waals surface area contributed by atoms with Gasteiger partial charge in [0.1, 0.15) is 0 Å². The summed E-state index contributed by atoms with van der Waals surface area (Å²) in [6, 6.07) is 5.76. The number of nitrogens with one attached hydrogen (secondary N) is 1. The quantitative estimate of drug-likeness (QED) is 0.820. The molecule has 1 unspecified atom stereocenters. The number of hydrogen-bond acceptors (Lipinski definition) is 1. The predicted molar refractivity (Wildman–Crippen MR) is 75.8 cm³/mol. The zero-order chi connectivity index (χ0) is 12.8. The third-order valence-electron chi connectivity index (χ3n) is 2.57.